The molecule has 1 aliphatic rings. The fourth-order valence-corrected chi connectivity index (χ4v) is 2.12. The third-order valence-electron chi connectivity index (χ3n) is 3.34. The fraction of sp³-hybridized carbons (Fsp3) is 0.467. The van der Waals surface area contributed by atoms with E-state index in [-0.39, 0.29) is 18.1 Å². The Morgan fingerprint density at radius 2 is 2.20 bits per heavy atom. The second-order valence-corrected chi connectivity index (χ2v) is 5.13. The number of carbonyl (C=O) groups excluding carboxylic acids is 2. The summed E-state index contributed by atoms with van der Waals surface area (Å²) in [5.41, 5.74) is 0.581. The Morgan fingerprint density at radius 1 is 1.45 bits per heavy atom. The fourth-order valence-electron chi connectivity index (χ4n) is 2.12. The average Bonchev–Trinajstić information content (AvgIpc) is 3.21. The van der Waals surface area contributed by atoms with Crippen LogP contribution in [0.1, 0.15) is 24.8 Å². The minimum absolute atomic E-state index is 0.0515. The van der Waals surface area contributed by atoms with Gasteiger partial charge in [-0.15, -0.1) is 0 Å². The van der Waals surface area contributed by atoms with E-state index in [0.717, 1.165) is 12.8 Å². The monoisotopic (exact) mass is 279 g/mol. The van der Waals surface area contributed by atoms with Crippen molar-refractivity contribution in [3.05, 3.63) is 35.6 Å². The number of hydrogen-bond acceptors (Lipinski definition) is 3. The van der Waals surface area contributed by atoms with E-state index in [4.69, 9.17) is 4.74 Å². The highest BCUT2D eigenvalue weighted by Crippen LogP contribution is 2.33. The smallest absolute Gasteiger partial charge is 0.328 e. The van der Waals surface area contributed by atoms with Gasteiger partial charge in [-0.2, -0.15) is 0 Å². The molecule has 0 saturated heterocycles. The van der Waals surface area contributed by atoms with Crippen LogP contribution < -0.4 is 5.32 Å². The molecule has 5 heteroatoms. The third kappa shape index (κ3) is 4.33. The first-order chi connectivity index (χ1) is 9.58. The topological polar surface area (TPSA) is 55.4 Å². The molecule has 0 radical (unpaired) electrons. The molecule has 1 saturated carbocycles. The molecule has 1 aromatic carbocycles. The molecular weight excluding hydrogens is 261 g/mol. The van der Waals surface area contributed by atoms with Gasteiger partial charge in [-0.3, -0.25) is 4.79 Å². The van der Waals surface area contributed by atoms with Gasteiger partial charge in [-0.25, -0.2) is 9.18 Å². The molecule has 1 fully saturated rings. The lowest BCUT2D eigenvalue weighted by Crippen LogP contribution is -2.42. The Bertz CT molecular complexity index is 500. The molecule has 1 aliphatic carbocycles. The van der Waals surface area contributed by atoms with Crippen molar-refractivity contribution >= 4 is 11.9 Å². The minimum Gasteiger partial charge on any atom is -0.467 e. The van der Waals surface area contributed by atoms with Crippen LogP contribution in [0.2, 0.25) is 0 Å². The summed E-state index contributed by atoms with van der Waals surface area (Å²) in [6.07, 6.45) is 2.85. The van der Waals surface area contributed by atoms with Crippen molar-refractivity contribution in [2.75, 3.05) is 7.11 Å². The van der Waals surface area contributed by atoms with E-state index in [0.29, 0.717) is 17.9 Å². The number of ether oxygens (including phenoxy) is 1. The van der Waals surface area contributed by atoms with Gasteiger partial charge < -0.3 is 10.1 Å². The molecule has 1 N–H and O–H groups in total. The van der Waals surface area contributed by atoms with E-state index in [1.165, 1.54) is 19.2 Å². The van der Waals surface area contributed by atoms with Crippen molar-refractivity contribution in [3.8, 4) is 0 Å². The number of nitrogens with one attached hydrogen (secondary N) is 1. The van der Waals surface area contributed by atoms with Crippen molar-refractivity contribution < 1.29 is 18.7 Å². The summed E-state index contributed by atoms with van der Waals surface area (Å²) in [6.45, 7) is 0. The van der Waals surface area contributed by atoms with Gasteiger partial charge in [-0.1, -0.05) is 25.0 Å². The summed E-state index contributed by atoms with van der Waals surface area (Å²) in [5, 5.41) is 2.67. The van der Waals surface area contributed by atoms with Gasteiger partial charge in [0.15, 0.2) is 0 Å². The van der Waals surface area contributed by atoms with Crippen LogP contribution in [0, 0.1) is 11.7 Å². The summed E-state index contributed by atoms with van der Waals surface area (Å²) in [5.74, 6) is -0.609. The number of rotatable bonds is 6. The van der Waals surface area contributed by atoms with Crippen LogP contribution in [-0.2, 0) is 20.7 Å². The first-order valence-electron chi connectivity index (χ1n) is 6.70. The normalized spacial score (nSPS) is 15.5. The molecule has 0 bridgehead atoms. The van der Waals surface area contributed by atoms with Gasteiger partial charge in [0.2, 0.25) is 5.91 Å². The average molecular weight is 279 g/mol. The quantitative estimate of drug-likeness (QED) is 0.808. The molecule has 1 aromatic rings. The summed E-state index contributed by atoms with van der Waals surface area (Å²) in [6, 6.07) is 5.27. The molecular formula is C15H18FNO3. The van der Waals surface area contributed by atoms with E-state index < -0.39 is 12.0 Å². The zero-order valence-electron chi connectivity index (χ0n) is 11.4. The van der Waals surface area contributed by atoms with Crippen LogP contribution in [0.3, 0.4) is 0 Å². The number of carbonyl (C=O) groups is 2. The van der Waals surface area contributed by atoms with Crippen molar-refractivity contribution in [2.24, 2.45) is 5.92 Å². The molecule has 1 atom stereocenters. The van der Waals surface area contributed by atoms with Gasteiger partial charge >= 0.3 is 5.97 Å². The van der Waals surface area contributed by atoms with Crippen molar-refractivity contribution in [1.29, 1.82) is 0 Å². The summed E-state index contributed by atoms with van der Waals surface area (Å²) >= 11 is 0. The summed E-state index contributed by atoms with van der Waals surface area (Å²) < 4.78 is 17.7. The first-order valence-corrected chi connectivity index (χ1v) is 6.70. The lowest BCUT2D eigenvalue weighted by atomic mass is 10.1. The largest absolute Gasteiger partial charge is 0.467 e. The molecule has 0 aliphatic heterocycles. The first kappa shape index (κ1) is 14.5. The molecule has 1 amide bonds. The highest BCUT2D eigenvalue weighted by molar-refractivity contribution is 5.85. The van der Waals surface area contributed by atoms with Gasteiger partial charge in [0.25, 0.3) is 0 Å². The molecule has 0 spiro atoms. The molecule has 20 heavy (non-hydrogen) atoms. The predicted octanol–water partition coefficient (Wildman–Crippen LogP) is 1.83. The summed E-state index contributed by atoms with van der Waals surface area (Å²) in [4.78, 5) is 23.5. The van der Waals surface area contributed by atoms with Crippen LogP contribution in [0.4, 0.5) is 4.39 Å². The minimum atomic E-state index is -0.603. The number of halogens is 1. The molecule has 4 nitrogen and oxygen atoms in total. The maximum absolute atomic E-state index is 13.0. The Labute approximate surface area is 117 Å². The number of esters is 1. The SMILES string of the molecule is COC(=O)[C@@H](CC1CC1)NC(=O)Cc1cccc(F)c1. The van der Waals surface area contributed by atoms with E-state index in [1.54, 1.807) is 12.1 Å². The third-order valence-corrected chi connectivity index (χ3v) is 3.34. The van der Waals surface area contributed by atoms with E-state index >= 15 is 0 Å². The standard InChI is InChI=1S/C15H18FNO3/c1-20-15(19)13(8-10-5-6-10)17-14(18)9-11-3-2-4-12(16)7-11/h2-4,7,10,13H,5-6,8-9H2,1H3,(H,17,18)/t13-/m1/s1. The van der Waals surface area contributed by atoms with Crippen molar-refractivity contribution in [3.63, 3.8) is 0 Å². The van der Waals surface area contributed by atoms with Crippen LogP contribution >= 0.6 is 0 Å². The Kier molecular flexibility index (Phi) is 4.71. The Morgan fingerprint density at radius 3 is 2.80 bits per heavy atom. The number of methoxy groups -OCH3 is 1. The summed E-state index contributed by atoms with van der Waals surface area (Å²) in [7, 11) is 1.31. The molecule has 2 rings (SSSR count). The lowest BCUT2D eigenvalue weighted by molar-refractivity contribution is -0.145. The van der Waals surface area contributed by atoms with E-state index in [2.05, 4.69) is 5.32 Å². The van der Waals surface area contributed by atoms with Crippen molar-refractivity contribution in [2.45, 2.75) is 31.7 Å². The number of hydrogen-bond donors (Lipinski definition) is 1. The maximum atomic E-state index is 13.0. The predicted molar refractivity (Wildman–Crippen MR) is 71.4 cm³/mol. The Balaban J connectivity index is 1.91. The lowest BCUT2D eigenvalue weighted by Gasteiger charge is -2.16. The number of amides is 1. The molecule has 0 unspecified atom stereocenters. The van der Waals surface area contributed by atoms with E-state index in [1.807, 2.05) is 0 Å². The van der Waals surface area contributed by atoms with E-state index in [9.17, 15) is 14.0 Å². The highest BCUT2D eigenvalue weighted by atomic mass is 19.1. The second-order valence-electron chi connectivity index (χ2n) is 5.13. The van der Waals surface area contributed by atoms with Gasteiger partial charge in [-0.05, 0) is 30.0 Å². The number of benzene rings is 1. The van der Waals surface area contributed by atoms with Gasteiger partial charge in [0, 0.05) is 0 Å². The zero-order valence-corrected chi connectivity index (χ0v) is 11.4. The molecule has 108 valence electrons. The van der Waals surface area contributed by atoms with Crippen LogP contribution in [0.15, 0.2) is 24.3 Å². The zero-order chi connectivity index (χ0) is 14.5. The Hall–Kier alpha value is -1.91. The van der Waals surface area contributed by atoms with Crippen LogP contribution in [0.5, 0.6) is 0 Å². The molecule has 0 aromatic heterocycles. The van der Waals surface area contributed by atoms with Gasteiger partial charge in [0.1, 0.15) is 11.9 Å². The van der Waals surface area contributed by atoms with Crippen LogP contribution in [0.25, 0.3) is 0 Å². The van der Waals surface area contributed by atoms with Crippen LogP contribution in [-0.4, -0.2) is 25.0 Å². The van der Waals surface area contributed by atoms with Crippen molar-refractivity contribution in [1.82, 2.24) is 5.32 Å². The maximum Gasteiger partial charge on any atom is 0.328 e. The second kappa shape index (κ2) is 6.50. The molecule has 0 heterocycles. The van der Waals surface area contributed by atoms with Gasteiger partial charge in [0.05, 0.1) is 13.5 Å². The highest BCUT2D eigenvalue weighted by Gasteiger charge is 2.30.